The van der Waals surface area contributed by atoms with Gasteiger partial charge in [0.25, 0.3) is 0 Å². The zero-order valence-electron chi connectivity index (χ0n) is 13.1. The average Bonchev–Trinajstić information content (AvgIpc) is 3.08. The van der Waals surface area contributed by atoms with Crippen molar-refractivity contribution in [2.45, 2.75) is 44.7 Å². The number of carbonyl (C=O) groups is 1. The number of aromatic carboxylic acids is 1. The summed E-state index contributed by atoms with van der Waals surface area (Å²) in [5, 5.41) is 11.5. The zero-order chi connectivity index (χ0) is 16.1. The Morgan fingerprint density at radius 2 is 2.26 bits per heavy atom. The molecule has 122 valence electrons. The van der Waals surface area contributed by atoms with E-state index in [9.17, 15) is 9.90 Å². The van der Waals surface area contributed by atoms with Gasteiger partial charge in [0.2, 0.25) is 0 Å². The van der Waals surface area contributed by atoms with Crippen molar-refractivity contribution < 1.29 is 9.90 Å². The summed E-state index contributed by atoms with van der Waals surface area (Å²) in [7, 11) is 0. The van der Waals surface area contributed by atoms with Gasteiger partial charge in [0, 0.05) is 23.7 Å². The van der Waals surface area contributed by atoms with Crippen LogP contribution in [-0.2, 0) is 13.0 Å². The first-order chi connectivity index (χ1) is 11.2. The number of pyridine rings is 1. The zero-order valence-corrected chi connectivity index (χ0v) is 14.0. The van der Waals surface area contributed by atoms with Gasteiger partial charge in [0.15, 0.2) is 0 Å². The van der Waals surface area contributed by atoms with Gasteiger partial charge in [-0.3, -0.25) is 9.88 Å². The second-order valence-corrected chi connectivity index (χ2v) is 7.07. The van der Waals surface area contributed by atoms with Crippen LogP contribution in [0.25, 0.3) is 0 Å². The van der Waals surface area contributed by atoms with E-state index in [0.29, 0.717) is 23.8 Å². The minimum Gasteiger partial charge on any atom is -0.478 e. The maximum absolute atomic E-state index is 11.4. The van der Waals surface area contributed by atoms with Gasteiger partial charge in [-0.1, -0.05) is 12.5 Å². The molecule has 1 N–H and O–H groups in total. The molecule has 5 heteroatoms. The molecular formula is C18H22N2O2S. The van der Waals surface area contributed by atoms with Gasteiger partial charge in [-0.2, -0.15) is 0 Å². The molecule has 1 aliphatic rings. The molecule has 0 amide bonds. The van der Waals surface area contributed by atoms with Gasteiger partial charge in [0.05, 0.1) is 11.3 Å². The molecule has 3 rings (SSSR count). The Morgan fingerprint density at radius 1 is 1.35 bits per heavy atom. The third-order valence-electron chi connectivity index (χ3n) is 4.53. The summed E-state index contributed by atoms with van der Waals surface area (Å²) in [4.78, 5) is 19.5. The van der Waals surface area contributed by atoms with Crippen LogP contribution in [-0.4, -0.2) is 33.5 Å². The number of likely N-dealkylation sites (tertiary alicyclic amines) is 1. The molecule has 2 aromatic heterocycles. The molecule has 0 saturated carbocycles. The van der Waals surface area contributed by atoms with Gasteiger partial charge in [-0.05, 0) is 55.8 Å². The van der Waals surface area contributed by atoms with Crippen molar-refractivity contribution in [1.82, 2.24) is 9.88 Å². The third-order valence-corrected chi connectivity index (χ3v) is 5.46. The van der Waals surface area contributed by atoms with E-state index in [1.54, 1.807) is 18.3 Å². The number of aromatic nitrogens is 1. The average molecular weight is 330 g/mol. The second-order valence-electron chi connectivity index (χ2n) is 6.04. The van der Waals surface area contributed by atoms with Gasteiger partial charge in [-0.25, -0.2) is 4.79 Å². The summed E-state index contributed by atoms with van der Waals surface area (Å²) in [5.74, 6) is -0.889. The van der Waals surface area contributed by atoms with Gasteiger partial charge in [0.1, 0.15) is 0 Å². The second kappa shape index (κ2) is 7.70. The largest absolute Gasteiger partial charge is 0.478 e. The summed E-state index contributed by atoms with van der Waals surface area (Å²) in [5.41, 5.74) is 1.01. The SMILES string of the molecule is O=C(O)c1cccnc1CN1CCCC[C@@H]1CCc1cccs1. The van der Waals surface area contributed by atoms with Crippen LogP contribution in [0, 0.1) is 0 Å². The number of hydrogen-bond acceptors (Lipinski definition) is 4. The number of carboxylic acid groups (broad SMARTS) is 1. The van der Waals surface area contributed by atoms with Crippen molar-refractivity contribution in [1.29, 1.82) is 0 Å². The Kier molecular flexibility index (Phi) is 5.41. The lowest BCUT2D eigenvalue weighted by molar-refractivity contribution is 0.0690. The molecule has 0 spiro atoms. The smallest absolute Gasteiger partial charge is 0.337 e. The predicted octanol–water partition coefficient (Wildman–Crippen LogP) is 3.83. The Morgan fingerprint density at radius 3 is 3.04 bits per heavy atom. The number of thiophene rings is 1. The van der Waals surface area contributed by atoms with Crippen LogP contribution in [0.2, 0.25) is 0 Å². The van der Waals surface area contributed by atoms with Gasteiger partial charge < -0.3 is 5.11 Å². The summed E-state index contributed by atoms with van der Waals surface area (Å²) in [6, 6.07) is 8.16. The molecule has 3 heterocycles. The number of hydrogen-bond donors (Lipinski definition) is 1. The van der Waals surface area contributed by atoms with Crippen molar-refractivity contribution in [2.75, 3.05) is 6.54 Å². The molecule has 4 nitrogen and oxygen atoms in total. The first-order valence-corrected chi connectivity index (χ1v) is 9.05. The number of rotatable bonds is 6. The Balaban J connectivity index is 1.68. The lowest BCUT2D eigenvalue weighted by atomic mass is 9.97. The van der Waals surface area contributed by atoms with E-state index in [1.807, 2.05) is 11.3 Å². The van der Waals surface area contributed by atoms with E-state index < -0.39 is 5.97 Å². The summed E-state index contributed by atoms with van der Waals surface area (Å²) in [6.07, 6.45) is 7.57. The summed E-state index contributed by atoms with van der Waals surface area (Å²) in [6.45, 7) is 1.67. The van der Waals surface area contributed by atoms with Crippen molar-refractivity contribution in [3.63, 3.8) is 0 Å². The van der Waals surface area contributed by atoms with Crippen molar-refractivity contribution in [2.24, 2.45) is 0 Å². The molecule has 0 aromatic carbocycles. The quantitative estimate of drug-likeness (QED) is 0.874. The summed E-state index contributed by atoms with van der Waals surface area (Å²) >= 11 is 1.81. The van der Waals surface area contributed by atoms with E-state index in [4.69, 9.17) is 0 Å². The normalized spacial score (nSPS) is 18.9. The number of carboxylic acids is 1. The minimum atomic E-state index is -0.889. The van der Waals surface area contributed by atoms with Crippen LogP contribution in [0.15, 0.2) is 35.8 Å². The van der Waals surface area contributed by atoms with E-state index in [0.717, 1.165) is 19.4 Å². The van der Waals surface area contributed by atoms with Crippen LogP contribution in [0.5, 0.6) is 0 Å². The fourth-order valence-corrected chi connectivity index (χ4v) is 4.03. The Bertz CT molecular complexity index is 642. The maximum Gasteiger partial charge on any atom is 0.337 e. The van der Waals surface area contributed by atoms with Crippen LogP contribution >= 0.6 is 11.3 Å². The first-order valence-electron chi connectivity index (χ1n) is 8.17. The van der Waals surface area contributed by atoms with Crippen molar-refractivity contribution in [3.8, 4) is 0 Å². The lowest BCUT2D eigenvalue weighted by Gasteiger charge is -2.35. The maximum atomic E-state index is 11.4. The van der Waals surface area contributed by atoms with Crippen LogP contribution < -0.4 is 0 Å². The molecule has 2 aromatic rings. The highest BCUT2D eigenvalue weighted by Gasteiger charge is 2.24. The van der Waals surface area contributed by atoms with E-state index in [2.05, 4.69) is 27.4 Å². The molecule has 23 heavy (non-hydrogen) atoms. The molecule has 0 unspecified atom stereocenters. The fourth-order valence-electron chi connectivity index (χ4n) is 3.31. The standard InChI is InChI=1S/C18H22N2O2S/c21-18(22)16-7-3-10-19-17(16)13-20-11-2-1-5-14(20)8-9-15-6-4-12-23-15/h3-4,6-7,10,12,14H,1-2,5,8-9,11,13H2,(H,21,22)/t14-/m1/s1. The Hall–Kier alpha value is -1.72. The molecular weight excluding hydrogens is 308 g/mol. The molecule has 1 aliphatic heterocycles. The van der Waals surface area contributed by atoms with E-state index in [-0.39, 0.29) is 0 Å². The van der Waals surface area contributed by atoms with E-state index >= 15 is 0 Å². The molecule has 1 saturated heterocycles. The van der Waals surface area contributed by atoms with Crippen LogP contribution in [0.3, 0.4) is 0 Å². The van der Waals surface area contributed by atoms with Crippen LogP contribution in [0.4, 0.5) is 0 Å². The molecule has 0 bridgehead atoms. The van der Waals surface area contributed by atoms with Crippen LogP contribution in [0.1, 0.15) is 46.6 Å². The highest BCUT2D eigenvalue weighted by molar-refractivity contribution is 7.09. The number of nitrogens with zero attached hydrogens (tertiary/aromatic N) is 2. The minimum absolute atomic E-state index is 0.329. The first kappa shape index (κ1) is 16.1. The Labute approximate surface area is 140 Å². The topological polar surface area (TPSA) is 53.4 Å². The number of piperidine rings is 1. The van der Waals surface area contributed by atoms with Crippen molar-refractivity contribution >= 4 is 17.3 Å². The summed E-state index contributed by atoms with van der Waals surface area (Å²) < 4.78 is 0. The van der Waals surface area contributed by atoms with Crippen molar-refractivity contribution in [3.05, 3.63) is 52.0 Å². The number of aryl methyl sites for hydroxylation is 1. The third kappa shape index (κ3) is 4.18. The monoisotopic (exact) mass is 330 g/mol. The van der Waals surface area contributed by atoms with Gasteiger partial charge in [-0.15, -0.1) is 11.3 Å². The molecule has 0 radical (unpaired) electrons. The molecule has 1 atom stereocenters. The lowest BCUT2D eigenvalue weighted by Crippen LogP contribution is -2.39. The highest BCUT2D eigenvalue weighted by Crippen LogP contribution is 2.24. The van der Waals surface area contributed by atoms with E-state index in [1.165, 1.54) is 24.1 Å². The molecule has 1 fully saturated rings. The molecule has 0 aliphatic carbocycles. The predicted molar refractivity (Wildman–Crippen MR) is 91.9 cm³/mol. The van der Waals surface area contributed by atoms with Gasteiger partial charge >= 0.3 is 5.97 Å². The highest BCUT2D eigenvalue weighted by atomic mass is 32.1. The fraction of sp³-hybridized carbons (Fsp3) is 0.444.